The molecule has 0 saturated heterocycles. The average Bonchev–Trinajstić information content (AvgIpc) is 2.40. The summed E-state index contributed by atoms with van der Waals surface area (Å²) in [6.45, 7) is 8.70. The molecular weight excluding hydrogens is 268 g/mol. The van der Waals surface area contributed by atoms with E-state index in [4.69, 9.17) is 16.3 Å². The predicted octanol–water partition coefficient (Wildman–Crippen LogP) is 5.82. The molecule has 106 valence electrons. The SMILES string of the molecule is Cc1ccc(Oc2cccc(CCl)c2)c(C(C)(C)C)c1. The van der Waals surface area contributed by atoms with Crippen molar-refractivity contribution in [2.75, 3.05) is 0 Å². The van der Waals surface area contributed by atoms with Crippen molar-refractivity contribution in [1.82, 2.24) is 0 Å². The van der Waals surface area contributed by atoms with E-state index < -0.39 is 0 Å². The molecule has 0 fully saturated rings. The van der Waals surface area contributed by atoms with Crippen LogP contribution in [-0.2, 0) is 11.3 Å². The molecule has 2 rings (SSSR count). The molecule has 2 heteroatoms. The zero-order valence-corrected chi connectivity index (χ0v) is 13.3. The van der Waals surface area contributed by atoms with Gasteiger partial charge in [-0.15, -0.1) is 11.6 Å². The van der Waals surface area contributed by atoms with Gasteiger partial charge in [-0.1, -0.05) is 50.6 Å². The van der Waals surface area contributed by atoms with Gasteiger partial charge in [0.05, 0.1) is 0 Å². The first-order valence-corrected chi connectivity index (χ1v) is 7.37. The standard InChI is InChI=1S/C18H21ClO/c1-13-8-9-17(16(10-13)18(2,3)4)20-15-7-5-6-14(11-15)12-19/h5-11H,12H2,1-4H3. The zero-order valence-electron chi connectivity index (χ0n) is 12.5. The number of hydrogen-bond acceptors (Lipinski definition) is 1. The summed E-state index contributed by atoms with van der Waals surface area (Å²) in [6, 6.07) is 14.2. The molecule has 1 nitrogen and oxygen atoms in total. The fourth-order valence-corrected chi connectivity index (χ4v) is 2.30. The summed E-state index contributed by atoms with van der Waals surface area (Å²) in [7, 11) is 0. The molecule has 0 bridgehead atoms. The van der Waals surface area contributed by atoms with E-state index in [0.717, 1.165) is 17.1 Å². The summed E-state index contributed by atoms with van der Waals surface area (Å²) in [4.78, 5) is 0. The van der Waals surface area contributed by atoms with Crippen molar-refractivity contribution in [3.63, 3.8) is 0 Å². The van der Waals surface area contributed by atoms with Gasteiger partial charge in [0.1, 0.15) is 11.5 Å². The highest BCUT2D eigenvalue weighted by molar-refractivity contribution is 6.17. The fraction of sp³-hybridized carbons (Fsp3) is 0.333. The van der Waals surface area contributed by atoms with E-state index in [1.165, 1.54) is 11.1 Å². The Labute approximate surface area is 126 Å². The van der Waals surface area contributed by atoms with Crippen LogP contribution in [-0.4, -0.2) is 0 Å². The average molecular weight is 289 g/mol. The van der Waals surface area contributed by atoms with E-state index in [1.807, 2.05) is 30.3 Å². The third kappa shape index (κ3) is 3.55. The minimum absolute atomic E-state index is 0.0471. The van der Waals surface area contributed by atoms with E-state index in [9.17, 15) is 0 Å². The Morgan fingerprint density at radius 2 is 1.80 bits per heavy atom. The van der Waals surface area contributed by atoms with Crippen LogP contribution in [0.5, 0.6) is 11.5 Å². The number of benzene rings is 2. The van der Waals surface area contributed by atoms with Crippen LogP contribution in [0.15, 0.2) is 42.5 Å². The normalized spacial score (nSPS) is 11.4. The molecule has 0 spiro atoms. The lowest BCUT2D eigenvalue weighted by Crippen LogP contribution is -2.12. The van der Waals surface area contributed by atoms with Gasteiger partial charge in [0, 0.05) is 11.4 Å². The largest absolute Gasteiger partial charge is 0.457 e. The lowest BCUT2D eigenvalue weighted by molar-refractivity contribution is 0.455. The minimum Gasteiger partial charge on any atom is -0.457 e. The lowest BCUT2D eigenvalue weighted by Gasteiger charge is -2.23. The Morgan fingerprint density at radius 1 is 1.05 bits per heavy atom. The van der Waals surface area contributed by atoms with Crippen LogP contribution in [0.25, 0.3) is 0 Å². The van der Waals surface area contributed by atoms with Crippen LogP contribution in [0, 0.1) is 6.92 Å². The van der Waals surface area contributed by atoms with Gasteiger partial charge in [0.25, 0.3) is 0 Å². The van der Waals surface area contributed by atoms with Crippen molar-refractivity contribution < 1.29 is 4.74 Å². The van der Waals surface area contributed by atoms with Gasteiger partial charge in [-0.2, -0.15) is 0 Å². The van der Waals surface area contributed by atoms with Crippen molar-refractivity contribution in [2.45, 2.75) is 39.0 Å². The van der Waals surface area contributed by atoms with Crippen LogP contribution in [0.3, 0.4) is 0 Å². The molecule has 0 aliphatic heterocycles. The Bertz CT molecular complexity index is 597. The summed E-state index contributed by atoms with van der Waals surface area (Å²) < 4.78 is 6.07. The Kier molecular flexibility index (Phi) is 4.39. The van der Waals surface area contributed by atoms with Crippen molar-refractivity contribution in [3.05, 3.63) is 59.2 Å². The van der Waals surface area contributed by atoms with E-state index >= 15 is 0 Å². The molecule has 0 N–H and O–H groups in total. The van der Waals surface area contributed by atoms with E-state index in [0.29, 0.717) is 5.88 Å². The van der Waals surface area contributed by atoms with Crippen molar-refractivity contribution >= 4 is 11.6 Å². The summed E-state index contributed by atoms with van der Waals surface area (Å²) in [5, 5.41) is 0. The maximum Gasteiger partial charge on any atom is 0.131 e. The molecule has 2 aromatic carbocycles. The van der Waals surface area contributed by atoms with Gasteiger partial charge in [0.2, 0.25) is 0 Å². The van der Waals surface area contributed by atoms with Crippen LogP contribution in [0.4, 0.5) is 0 Å². The molecule has 20 heavy (non-hydrogen) atoms. The molecule has 0 aromatic heterocycles. The van der Waals surface area contributed by atoms with Gasteiger partial charge in [-0.05, 0) is 36.1 Å². The molecule has 0 aliphatic carbocycles. The highest BCUT2D eigenvalue weighted by Crippen LogP contribution is 2.35. The highest BCUT2D eigenvalue weighted by atomic mass is 35.5. The Morgan fingerprint density at radius 3 is 2.45 bits per heavy atom. The molecule has 0 amide bonds. The maximum atomic E-state index is 6.07. The monoisotopic (exact) mass is 288 g/mol. The van der Waals surface area contributed by atoms with Gasteiger partial charge >= 0.3 is 0 Å². The minimum atomic E-state index is 0.0471. The molecule has 0 aliphatic rings. The van der Waals surface area contributed by atoms with Crippen LogP contribution in [0.1, 0.15) is 37.5 Å². The summed E-state index contributed by atoms with van der Waals surface area (Å²) in [5.41, 5.74) is 3.57. The van der Waals surface area contributed by atoms with E-state index in [-0.39, 0.29) is 5.41 Å². The summed E-state index contributed by atoms with van der Waals surface area (Å²) >= 11 is 5.87. The molecular formula is C18H21ClO. The molecule has 0 atom stereocenters. The Hall–Kier alpha value is -1.47. The van der Waals surface area contributed by atoms with Crippen LogP contribution >= 0.6 is 11.6 Å². The molecule has 0 radical (unpaired) electrons. The molecule has 2 aromatic rings. The molecule has 0 heterocycles. The quantitative estimate of drug-likeness (QED) is 0.646. The zero-order chi connectivity index (χ0) is 14.8. The summed E-state index contributed by atoms with van der Waals surface area (Å²) in [6.07, 6.45) is 0. The topological polar surface area (TPSA) is 9.23 Å². The van der Waals surface area contributed by atoms with Gasteiger partial charge in [-0.25, -0.2) is 0 Å². The van der Waals surface area contributed by atoms with E-state index in [1.54, 1.807) is 0 Å². The first kappa shape index (κ1) is 14.9. The number of hydrogen-bond donors (Lipinski definition) is 0. The van der Waals surface area contributed by atoms with Crippen LogP contribution < -0.4 is 4.74 Å². The summed E-state index contributed by atoms with van der Waals surface area (Å²) in [5.74, 6) is 2.24. The maximum absolute atomic E-state index is 6.07. The second-order valence-electron chi connectivity index (χ2n) is 6.13. The highest BCUT2D eigenvalue weighted by Gasteiger charge is 2.19. The van der Waals surface area contributed by atoms with Crippen molar-refractivity contribution in [1.29, 1.82) is 0 Å². The fourth-order valence-electron chi connectivity index (χ4n) is 2.14. The third-order valence-corrected chi connectivity index (χ3v) is 3.53. The Balaban J connectivity index is 2.38. The number of aryl methyl sites for hydroxylation is 1. The predicted molar refractivity (Wildman–Crippen MR) is 86.0 cm³/mol. The molecule has 0 saturated carbocycles. The number of rotatable bonds is 3. The first-order valence-electron chi connectivity index (χ1n) is 6.84. The van der Waals surface area contributed by atoms with Crippen LogP contribution in [0.2, 0.25) is 0 Å². The van der Waals surface area contributed by atoms with Crippen molar-refractivity contribution in [2.24, 2.45) is 0 Å². The van der Waals surface area contributed by atoms with Crippen molar-refractivity contribution in [3.8, 4) is 11.5 Å². The lowest BCUT2D eigenvalue weighted by atomic mass is 9.85. The second kappa shape index (κ2) is 5.88. The van der Waals surface area contributed by atoms with Gasteiger partial charge < -0.3 is 4.74 Å². The number of halogens is 1. The third-order valence-electron chi connectivity index (χ3n) is 3.22. The number of alkyl halides is 1. The molecule has 0 unspecified atom stereocenters. The van der Waals surface area contributed by atoms with E-state index in [2.05, 4.69) is 39.8 Å². The van der Waals surface area contributed by atoms with Gasteiger partial charge in [0.15, 0.2) is 0 Å². The first-order chi connectivity index (χ1) is 9.40. The number of ether oxygens (including phenoxy) is 1. The van der Waals surface area contributed by atoms with Gasteiger partial charge in [-0.3, -0.25) is 0 Å². The second-order valence-corrected chi connectivity index (χ2v) is 6.40. The smallest absolute Gasteiger partial charge is 0.131 e.